The number of anilines is 3. The minimum atomic E-state index is -0.552. The molecule has 0 saturated carbocycles. The summed E-state index contributed by atoms with van der Waals surface area (Å²) in [5.74, 6) is 0.747. The van der Waals surface area contributed by atoms with Gasteiger partial charge in [-0.1, -0.05) is 12.1 Å². The first-order valence-corrected chi connectivity index (χ1v) is 11.7. The number of carbonyl (C=O) groups excluding carboxylic acids is 1. The fraction of sp³-hybridized carbons (Fsp3) is 0.292. The van der Waals surface area contributed by atoms with Crippen molar-refractivity contribution in [1.29, 1.82) is 0 Å². The number of ether oxygens (including phenoxy) is 2. The van der Waals surface area contributed by atoms with Gasteiger partial charge < -0.3 is 25.0 Å². The largest absolute Gasteiger partial charge is 0.489 e. The van der Waals surface area contributed by atoms with E-state index in [-0.39, 0.29) is 25.7 Å². The molecule has 0 spiro atoms. The summed E-state index contributed by atoms with van der Waals surface area (Å²) >= 11 is 2.25. The number of halogens is 2. The van der Waals surface area contributed by atoms with E-state index in [1.165, 1.54) is 12.4 Å². The molecule has 3 rings (SSSR count). The van der Waals surface area contributed by atoms with Gasteiger partial charge in [-0.3, -0.25) is 4.79 Å². The molecule has 3 aromatic rings. The molecule has 0 fully saturated rings. The van der Waals surface area contributed by atoms with E-state index in [9.17, 15) is 9.18 Å². The van der Waals surface area contributed by atoms with Gasteiger partial charge in [0.2, 0.25) is 5.91 Å². The van der Waals surface area contributed by atoms with Crippen LogP contribution in [0.5, 0.6) is 5.75 Å². The van der Waals surface area contributed by atoms with Crippen LogP contribution < -0.4 is 15.4 Å². The van der Waals surface area contributed by atoms with Crippen molar-refractivity contribution < 1.29 is 18.7 Å². The number of aromatic nitrogens is 2. The number of rotatable bonds is 12. The first-order chi connectivity index (χ1) is 16.5. The Morgan fingerprint density at radius 2 is 2.03 bits per heavy atom. The Morgan fingerprint density at radius 1 is 1.18 bits per heavy atom. The van der Waals surface area contributed by atoms with E-state index in [0.717, 1.165) is 14.6 Å². The minimum Gasteiger partial charge on any atom is -0.489 e. The summed E-state index contributed by atoms with van der Waals surface area (Å²) in [4.78, 5) is 23.2. The van der Waals surface area contributed by atoms with Gasteiger partial charge in [-0.15, -0.1) is 0 Å². The van der Waals surface area contributed by atoms with E-state index in [1.807, 2.05) is 43.3 Å². The summed E-state index contributed by atoms with van der Waals surface area (Å²) in [5, 5.41) is 6.91. The van der Waals surface area contributed by atoms with Gasteiger partial charge >= 0.3 is 0 Å². The maximum absolute atomic E-state index is 12.5. The van der Waals surface area contributed by atoms with Crippen molar-refractivity contribution in [3.05, 3.63) is 58.4 Å². The fourth-order valence-electron chi connectivity index (χ4n) is 3.02. The molecule has 0 aliphatic carbocycles. The molecule has 34 heavy (non-hydrogen) atoms. The molecule has 180 valence electrons. The number of alkyl halides is 1. The summed E-state index contributed by atoms with van der Waals surface area (Å²) in [7, 11) is 3.84. The van der Waals surface area contributed by atoms with Gasteiger partial charge in [0.15, 0.2) is 0 Å². The Morgan fingerprint density at radius 3 is 2.79 bits per heavy atom. The number of carbonyl (C=O) groups is 1. The summed E-state index contributed by atoms with van der Waals surface area (Å²) in [6.45, 7) is 0.523. The third-order valence-electron chi connectivity index (χ3n) is 4.53. The highest BCUT2D eigenvalue weighted by Gasteiger charge is 2.13. The molecule has 0 unspecified atom stereocenters. The van der Waals surface area contributed by atoms with Crippen LogP contribution in [0.3, 0.4) is 0 Å². The smallest absolute Gasteiger partial charge is 0.248 e. The third kappa shape index (κ3) is 7.89. The first kappa shape index (κ1) is 25.8. The minimum absolute atomic E-state index is 0.0159. The fourth-order valence-corrected chi connectivity index (χ4v) is 3.56. The number of amides is 1. The van der Waals surface area contributed by atoms with Crippen LogP contribution in [-0.2, 0) is 9.53 Å². The number of nitrogens with zero attached hydrogens (tertiary/aromatic N) is 3. The molecule has 0 atom stereocenters. The lowest BCUT2D eigenvalue weighted by Gasteiger charge is -2.15. The van der Waals surface area contributed by atoms with Crippen molar-refractivity contribution in [2.45, 2.75) is 0 Å². The highest BCUT2D eigenvalue weighted by molar-refractivity contribution is 14.1. The Balaban J connectivity index is 1.90. The Labute approximate surface area is 211 Å². The monoisotopic (exact) mass is 579 g/mol. The zero-order chi connectivity index (χ0) is 24.3. The molecule has 0 bridgehead atoms. The molecule has 10 heteroatoms. The van der Waals surface area contributed by atoms with Gasteiger partial charge in [0.1, 0.15) is 31.2 Å². The Bertz CT molecular complexity index is 1140. The second-order valence-electron chi connectivity index (χ2n) is 7.53. The number of hydrogen-bond acceptors (Lipinski definition) is 7. The van der Waals surface area contributed by atoms with E-state index in [1.54, 1.807) is 18.2 Å². The number of hydrogen-bond donors (Lipinski definition) is 2. The summed E-state index contributed by atoms with van der Waals surface area (Å²) in [5.41, 5.74) is 2.00. The van der Waals surface area contributed by atoms with Crippen LogP contribution in [-0.4, -0.2) is 67.9 Å². The van der Waals surface area contributed by atoms with Crippen LogP contribution in [0.4, 0.5) is 21.6 Å². The quantitative estimate of drug-likeness (QED) is 0.187. The molecule has 0 aliphatic heterocycles. The zero-order valence-electron chi connectivity index (χ0n) is 19.1. The molecule has 8 nitrogen and oxygen atoms in total. The van der Waals surface area contributed by atoms with Gasteiger partial charge in [-0.25, -0.2) is 14.4 Å². The zero-order valence-corrected chi connectivity index (χ0v) is 21.2. The topological polar surface area (TPSA) is 88.6 Å². The van der Waals surface area contributed by atoms with Crippen molar-refractivity contribution in [3.8, 4) is 5.75 Å². The normalized spacial score (nSPS) is 11.3. The molecular weight excluding hydrogens is 552 g/mol. The van der Waals surface area contributed by atoms with Crippen LogP contribution in [0.15, 0.2) is 54.9 Å². The molecule has 0 radical (unpaired) electrons. The van der Waals surface area contributed by atoms with Crippen molar-refractivity contribution in [3.63, 3.8) is 0 Å². The van der Waals surface area contributed by atoms with E-state index >= 15 is 0 Å². The van der Waals surface area contributed by atoms with Gasteiger partial charge in [0.05, 0.1) is 24.4 Å². The van der Waals surface area contributed by atoms with Crippen LogP contribution in [0.2, 0.25) is 0 Å². The predicted molar refractivity (Wildman–Crippen MR) is 141 cm³/mol. The van der Waals surface area contributed by atoms with Crippen LogP contribution in [0, 0.1) is 3.57 Å². The average Bonchev–Trinajstić information content (AvgIpc) is 2.79. The third-order valence-corrected chi connectivity index (χ3v) is 5.20. The lowest BCUT2D eigenvalue weighted by molar-refractivity contribution is -0.111. The number of benzene rings is 2. The van der Waals surface area contributed by atoms with Crippen molar-refractivity contribution in [2.75, 3.05) is 57.8 Å². The van der Waals surface area contributed by atoms with Crippen molar-refractivity contribution >= 4 is 56.6 Å². The van der Waals surface area contributed by atoms with Crippen molar-refractivity contribution in [1.82, 2.24) is 14.9 Å². The highest BCUT2D eigenvalue weighted by Crippen LogP contribution is 2.33. The second-order valence-corrected chi connectivity index (χ2v) is 8.77. The standard InChI is InChI=1S/C24H27FIN5O3/c1-31(2)9-4-7-23(32)30-21-14-19-20(15-22(21)34-12-11-33-10-8-25)27-16-28-24(19)29-18-6-3-5-17(26)13-18/h3-7,13-16H,8-12H2,1-2H3,(H,30,32)(H,27,28,29). The molecule has 1 amide bonds. The maximum Gasteiger partial charge on any atom is 0.248 e. The molecule has 0 aliphatic rings. The molecular formula is C24H27FIN5O3. The summed E-state index contributed by atoms with van der Waals surface area (Å²) in [6.07, 6.45) is 4.72. The molecule has 2 N–H and O–H groups in total. The summed E-state index contributed by atoms with van der Waals surface area (Å²) in [6, 6.07) is 11.4. The predicted octanol–water partition coefficient (Wildman–Crippen LogP) is 4.40. The molecule has 2 aromatic carbocycles. The SMILES string of the molecule is CN(C)CC=CC(=O)Nc1cc2c(Nc3cccc(I)c3)ncnc2cc1OCCOCCF. The van der Waals surface area contributed by atoms with Crippen LogP contribution >= 0.6 is 22.6 Å². The number of nitrogens with one attached hydrogen (secondary N) is 2. The Kier molecular flexibility index (Phi) is 9.98. The lowest BCUT2D eigenvalue weighted by Crippen LogP contribution is -2.14. The maximum atomic E-state index is 12.5. The first-order valence-electron chi connectivity index (χ1n) is 10.7. The van der Waals surface area contributed by atoms with E-state index in [4.69, 9.17) is 9.47 Å². The van der Waals surface area contributed by atoms with Crippen LogP contribution in [0.1, 0.15) is 0 Å². The van der Waals surface area contributed by atoms with Crippen LogP contribution in [0.25, 0.3) is 10.9 Å². The Hall–Kier alpha value is -2.83. The van der Waals surface area contributed by atoms with Gasteiger partial charge in [0.25, 0.3) is 0 Å². The van der Waals surface area contributed by atoms with Gasteiger partial charge in [-0.2, -0.15) is 0 Å². The molecule has 1 aromatic heterocycles. The van der Waals surface area contributed by atoms with E-state index in [0.29, 0.717) is 29.3 Å². The van der Waals surface area contributed by atoms with Crippen molar-refractivity contribution in [2.24, 2.45) is 0 Å². The molecule has 1 heterocycles. The highest BCUT2D eigenvalue weighted by atomic mass is 127. The number of likely N-dealkylation sites (N-methyl/N-ethyl adjacent to an activating group) is 1. The average molecular weight is 579 g/mol. The van der Waals surface area contributed by atoms with E-state index in [2.05, 4.69) is 43.2 Å². The summed E-state index contributed by atoms with van der Waals surface area (Å²) < 4.78 is 24.3. The number of fused-ring (bicyclic) bond motifs is 1. The second kappa shape index (κ2) is 13.2. The van der Waals surface area contributed by atoms with Gasteiger partial charge in [0, 0.05) is 33.3 Å². The molecule has 0 saturated heterocycles. The van der Waals surface area contributed by atoms with Gasteiger partial charge in [-0.05, 0) is 61.0 Å². The van der Waals surface area contributed by atoms with E-state index < -0.39 is 6.67 Å². The lowest BCUT2D eigenvalue weighted by atomic mass is 10.1.